The summed E-state index contributed by atoms with van der Waals surface area (Å²) >= 11 is 0. The van der Waals surface area contributed by atoms with Crippen molar-refractivity contribution in [3.8, 4) is 39.6 Å². The fourth-order valence-corrected chi connectivity index (χ4v) is 8.21. The highest BCUT2D eigenvalue weighted by atomic mass is 16.5. The topological polar surface area (TPSA) is 214 Å². The minimum atomic E-state index is -0.749. The Balaban J connectivity index is 1.09. The summed E-state index contributed by atoms with van der Waals surface area (Å²) in [7, 11) is 3.96. The van der Waals surface area contributed by atoms with E-state index >= 15 is 0 Å². The third-order valence-electron chi connectivity index (χ3n) is 11.5. The number of H-pyrrole nitrogens is 2. The molecule has 5 aromatic rings. The molecule has 17 nitrogen and oxygen atoms in total. The lowest BCUT2D eigenvalue weighted by molar-refractivity contribution is -0.136. The van der Waals surface area contributed by atoms with Gasteiger partial charge in [0.2, 0.25) is 23.0 Å². The Hall–Kier alpha value is -6.65. The number of hydrogen-bond acceptors (Lipinski definition) is 11. The lowest BCUT2D eigenvalue weighted by atomic mass is 10.0. The van der Waals surface area contributed by atoms with Crippen LogP contribution in [0.3, 0.4) is 0 Å². The Labute approximate surface area is 352 Å². The van der Waals surface area contributed by atoms with Gasteiger partial charge in [-0.2, -0.15) is 0 Å². The molecule has 0 radical (unpaired) electrons. The first-order valence-corrected chi connectivity index (χ1v) is 20.5. The molecule has 4 atom stereocenters. The molecule has 2 aliphatic rings. The minimum Gasteiger partial charge on any atom is -0.490 e. The molecule has 2 aliphatic heterocycles. The molecule has 5 heterocycles. The average molecular weight is 837 g/mol. The average Bonchev–Trinajstić information content (AvgIpc) is 4.11. The number of fused-ring (bicyclic) bond motifs is 1. The van der Waals surface area contributed by atoms with Crippen molar-refractivity contribution < 1.29 is 37.8 Å². The maximum absolute atomic E-state index is 14.0. The molecule has 2 saturated heterocycles. The van der Waals surface area contributed by atoms with Crippen LogP contribution >= 0.6 is 0 Å². The van der Waals surface area contributed by atoms with Gasteiger partial charge >= 0.3 is 12.2 Å². The zero-order chi connectivity index (χ0) is 43.5. The molecule has 61 heavy (non-hydrogen) atoms. The van der Waals surface area contributed by atoms with E-state index < -0.39 is 24.3 Å². The van der Waals surface area contributed by atoms with Gasteiger partial charge in [0.15, 0.2) is 5.76 Å². The van der Waals surface area contributed by atoms with Crippen LogP contribution in [-0.4, -0.2) is 100 Å². The van der Waals surface area contributed by atoms with E-state index in [1.54, 1.807) is 34.3 Å². The van der Waals surface area contributed by atoms with E-state index in [0.717, 1.165) is 30.5 Å². The van der Waals surface area contributed by atoms with Gasteiger partial charge in [-0.3, -0.25) is 14.4 Å². The maximum Gasteiger partial charge on any atom is 0.407 e. The quantitative estimate of drug-likeness (QED) is 0.109. The van der Waals surface area contributed by atoms with Gasteiger partial charge in [0.25, 0.3) is 0 Å². The monoisotopic (exact) mass is 836 g/mol. The number of rotatable bonds is 12. The fourth-order valence-electron chi connectivity index (χ4n) is 8.21. The summed E-state index contributed by atoms with van der Waals surface area (Å²) in [6.07, 6.45) is 5.10. The zero-order valence-corrected chi connectivity index (χ0v) is 35.4. The number of carbonyl (C=O) groups is 4. The van der Waals surface area contributed by atoms with Crippen LogP contribution < -0.4 is 20.8 Å². The molecule has 3 aromatic heterocycles. The summed E-state index contributed by atoms with van der Waals surface area (Å²) in [5.74, 6) is 0.907. The van der Waals surface area contributed by atoms with Crippen molar-refractivity contribution in [2.45, 2.75) is 77.5 Å². The van der Waals surface area contributed by atoms with E-state index in [2.05, 4.69) is 30.6 Å². The first-order valence-electron chi connectivity index (χ1n) is 20.5. The van der Waals surface area contributed by atoms with Crippen LogP contribution in [0.15, 0.2) is 64.1 Å². The third kappa shape index (κ3) is 8.54. The van der Waals surface area contributed by atoms with Crippen molar-refractivity contribution in [3.63, 3.8) is 0 Å². The molecular weight excluding hydrogens is 785 g/mol. The van der Waals surface area contributed by atoms with Gasteiger partial charge < -0.3 is 49.0 Å². The number of benzene rings is 2. The van der Waals surface area contributed by atoms with Crippen LogP contribution in [0.25, 0.3) is 44.8 Å². The predicted octanol–water partition coefficient (Wildman–Crippen LogP) is 6.34. The van der Waals surface area contributed by atoms with E-state index in [4.69, 9.17) is 18.6 Å². The number of nitrogens with zero attached hydrogens (tertiary/aromatic N) is 4. The van der Waals surface area contributed by atoms with Crippen molar-refractivity contribution in [1.82, 2.24) is 40.4 Å². The number of methoxy groups -OCH3 is 3. The highest BCUT2D eigenvalue weighted by Crippen LogP contribution is 2.37. The molecule has 0 aliphatic carbocycles. The molecule has 17 heteroatoms. The molecule has 2 fully saturated rings. The lowest BCUT2D eigenvalue weighted by Gasteiger charge is -2.30. The molecule has 322 valence electrons. The number of amides is 4. The standard InChI is InChI=1S/C44H52N8O9/c1-23(2)34(49-43(56)59-6)41(54)51-18-8-10-31(51)39-45-21-29(47-39)25-12-14-26(15-13-25)37-38(58-5)36(53)28-20-27(16-17-33(28)61-37)30-22-46-40(48-30)32-11-9-19-52(32)42(55)35(24(3)4)50-44(57)60-7/h12-17,20-24,31-32,34-35H,8-11,18-19H2,1-7H3,(H,45,47)(H,46,48)(H,49,56)(H,50,57)/t31-,32-,34-,35-/m0/s1. The first-order chi connectivity index (χ1) is 29.3. The Kier molecular flexibility index (Phi) is 12.5. The van der Waals surface area contributed by atoms with Crippen LogP contribution in [0, 0.1) is 11.8 Å². The molecule has 4 N–H and O–H groups in total. The third-order valence-corrected chi connectivity index (χ3v) is 11.5. The number of ether oxygens (including phenoxy) is 3. The summed E-state index contributed by atoms with van der Waals surface area (Å²) in [4.78, 5) is 84.7. The van der Waals surface area contributed by atoms with E-state index in [9.17, 15) is 24.0 Å². The van der Waals surface area contributed by atoms with E-state index in [-0.39, 0.29) is 52.7 Å². The number of alkyl carbamates (subject to hydrolysis) is 2. The van der Waals surface area contributed by atoms with Crippen LogP contribution in [0.5, 0.6) is 5.75 Å². The summed E-state index contributed by atoms with van der Waals surface area (Å²) in [6.45, 7) is 8.56. The smallest absolute Gasteiger partial charge is 0.407 e. The van der Waals surface area contributed by atoms with Gasteiger partial charge in [0, 0.05) is 24.2 Å². The summed E-state index contributed by atoms with van der Waals surface area (Å²) in [6, 6.07) is 10.7. The second-order valence-corrected chi connectivity index (χ2v) is 16.0. The Morgan fingerprint density at radius 3 is 1.67 bits per heavy atom. The van der Waals surface area contributed by atoms with E-state index in [1.807, 2.05) is 58.0 Å². The number of imidazole rings is 2. The second-order valence-electron chi connectivity index (χ2n) is 16.0. The second kappa shape index (κ2) is 17.9. The molecule has 4 amide bonds. The molecule has 7 rings (SSSR count). The summed E-state index contributed by atoms with van der Waals surface area (Å²) < 4.78 is 21.5. The number of likely N-dealkylation sites (tertiary alicyclic amines) is 2. The Morgan fingerprint density at radius 1 is 0.721 bits per heavy atom. The number of hydrogen-bond donors (Lipinski definition) is 4. The molecule has 0 unspecified atom stereocenters. The Morgan fingerprint density at radius 2 is 1.20 bits per heavy atom. The number of aromatic nitrogens is 4. The normalized spacial score (nSPS) is 17.5. The highest BCUT2D eigenvalue weighted by molar-refractivity contribution is 5.88. The van der Waals surface area contributed by atoms with Crippen molar-refractivity contribution >= 4 is 35.0 Å². The molecular formula is C44H52N8O9. The van der Waals surface area contributed by atoms with Gasteiger partial charge in [0.1, 0.15) is 29.3 Å². The fraction of sp³-hybridized carbons (Fsp3) is 0.432. The molecule has 0 spiro atoms. The lowest BCUT2D eigenvalue weighted by Crippen LogP contribution is -2.51. The number of carbonyl (C=O) groups excluding carboxylic acids is 4. The number of aromatic amines is 2. The van der Waals surface area contributed by atoms with Crippen molar-refractivity contribution in [2.75, 3.05) is 34.4 Å². The largest absolute Gasteiger partial charge is 0.490 e. The van der Waals surface area contributed by atoms with Gasteiger partial charge in [-0.15, -0.1) is 0 Å². The van der Waals surface area contributed by atoms with Gasteiger partial charge in [-0.05, 0) is 61.3 Å². The highest BCUT2D eigenvalue weighted by Gasteiger charge is 2.39. The van der Waals surface area contributed by atoms with Gasteiger partial charge in [-0.1, -0.05) is 52.0 Å². The van der Waals surface area contributed by atoms with E-state index in [0.29, 0.717) is 58.9 Å². The van der Waals surface area contributed by atoms with Crippen LogP contribution in [0.1, 0.15) is 77.1 Å². The van der Waals surface area contributed by atoms with Crippen molar-refractivity contribution in [1.29, 1.82) is 0 Å². The summed E-state index contributed by atoms with van der Waals surface area (Å²) in [5, 5.41) is 5.66. The molecule has 0 bridgehead atoms. The first kappa shape index (κ1) is 42.5. The predicted molar refractivity (Wildman–Crippen MR) is 225 cm³/mol. The van der Waals surface area contributed by atoms with Crippen LogP contribution in [0.4, 0.5) is 9.59 Å². The van der Waals surface area contributed by atoms with Crippen LogP contribution in [-0.2, 0) is 19.1 Å². The molecule has 2 aromatic carbocycles. The van der Waals surface area contributed by atoms with Gasteiger partial charge in [-0.25, -0.2) is 19.6 Å². The van der Waals surface area contributed by atoms with Crippen molar-refractivity contribution in [3.05, 3.63) is 76.7 Å². The van der Waals surface area contributed by atoms with Gasteiger partial charge in [0.05, 0.1) is 62.6 Å². The SMILES string of the molecule is COC(=O)N[C@H](C(=O)N1CCC[C@H]1c1ncc(-c2ccc(-c3oc4ccc(-c5cnc([C@@H]6CCCN6C(=O)[C@@H](NC(=O)OC)C(C)C)[nH]5)cc4c(=O)c3OC)cc2)[nH]1)C(C)C. The molecule has 0 saturated carbocycles. The van der Waals surface area contributed by atoms with Crippen LogP contribution in [0.2, 0.25) is 0 Å². The Bertz CT molecular complexity index is 2470. The zero-order valence-electron chi connectivity index (χ0n) is 35.4. The van der Waals surface area contributed by atoms with E-state index in [1.165, 1.54) is 21.3 Å². The number of nitrogens with one attached hydrogen (secondary N) is 4. The minimum absolute atomic E-state index is 0.0549. The van der Waals surface area contributed by atoms with Crippen molar-refractivity contribution in [2.24, 2.45) is 11.8 Å². The summed E-state index contributed by atoms with van der Waals surface area (Å²) in [5.41, 5.74) is 3.59. The maximum atomic E-state index is 14.0.